The molecule has 0 unspecified atom stereocenters. The summed E-state index contributed by atoms with van der Waals surface area (Å²) in [5.74, 6) is 0. The minimum atomic E-state index is 0. The molecule has 0 aromatic heterocycles. The van der Waals surface area contributed by atoms with Crippen molar-refractivity contribution in [2.45, 2.75) is 21.0 Å². The van der Waals surface area contributed by atoms with Gasteiger partial charge in [0.2, 0.25) is 0 Å². The zero-order chi connectivity index (χ0) is 11.6. The highest BCUT2D eigenvalue weighted by Crippen LogP contribution is 2.44. The third kappa shape index (κ3) is 3.79. The molecule has 16 heavy (non-hydrogen) atoms. The third-order valence-corrected chi connectivity index (χ3v) is 8.01. The van der Waals surface area contributed by atoms with Crippen molar-refractivity contribution in [1.82, 2.24) is 0 Å². The molecule has 1 aromatic rings. The maximum atomic E-state index is 5.41. The fraction of sp³-hybridized carbons (Fsp3) is 0.400. The van der Waals surface area contributed by atoms with Crippen molar-refractivity contribution in [3.63, 3.8) is 0 Å². The van der Waals surface area contributed by atoms with Crippen LogP contribution in [0.2, 0.25) is 0 Å². The van der Waals surface area contributed by atoms with Gasteiger partial charge in [0.15, 0.2) is 0 Å². The van der Waals surface area contributed by atoms with Gasteiger partial charge < -0.3 is 4.74 Å². The van der Waals surface area contributed by atoms with E-state index in [1.54, 1.807) is 0 Å². The van der Waals surface area contributed by atoms with Crippen molar-refractivity contribution < 1.29 is 4.74 Å². The van der Waals surface area contributed by atoms with E-state index in [0.717, 1.165) is 27.9 Å². The van der Waals surface area contributed by atoms with Crippen LogP contribution in [0.1, 0.15) is 19.9 Å². The molecule has 0 N–H and O–H groups in total. The highest BCUT2D eigenvalue weighted by Gasteiger charge is 2.17. The molecular weight excluding hydrogens is 536 g/mol. The molecule has 0 aliphatic heterocycles. The maximum Gasteiger partial charge on any atom is 0.0739 e. The Bertz CT molecular complexity index is 349. The van der Waals surface area contributed by atoms with Crippen LogP contribution >= 0.6 is 79.6 Å². The van der Waals surface area contributed by atoms with Crippen molar-refractivity contribution >= 4 is 79.6 Å². The molecule has 1 rings (SSSR count). The topological polar surface area (TPSA) is 9.23 Å². The van der Waals surface area contributed by atoms with Gasteiger partial charge in [-0.3, -0.25) is 0 Å². The Balaban J connectivity index is 0.00000225. The molecule has 0 atom stereocenters. The van der Waals surface area contributed by atoms with Crippen LogP contribution in [0.25, 0.3) is 0 Å². The van der Waals surface area contributed by atoms with E-state index in [9.17, 15) is 0 Å². The molecule has 0 spiro atoms. The summed E-state index contributed by atoms with van der Waals surface area (Å²) in [6.45, 7) is 3.25. The van der Waals surface area contributed by atoms with Crippen molar-refractivity contribution in [3.05, 3.63) is 27.9 Å². The largest absolute Gasteiger partial charge is 0.377 e. The lowest BCUT2D eigenvalue weighted by atomic mass is 10.2. The summed E-state index contributed by atoms with van der Waals surface area (Å²) in [6, 6.07) is 0. The zero-order valence-electron chi connectivity index (χ0n) is 7.71. The van der Waals surface area contributed by atoms with E-state index in [1.165, 1.54) is 0 Å². The van der Waals surface area contributed by atoms with Gasteiger partial charge in [0, 0.05) is 34.5 Å². The molecule has 0 saturated heterocycles. The van der Waals surface area contributed by atoms with Crippen LogP contribution in [0, 0.1) is 0 Å². The lowest BCUT2D eigenvalue weighted by Crippen LogP contribution is -1.96. The van der Waals surface area contributed by atoms with E-state index in [-0.39, 0.29) is 7.43 Å². The van der Waals surface area contributed by atoms with Crippen molar-refractivity contribution in [1.29, 1.82) is 0 Å². The van der Waals surface area contributed by atoms with E-state index in [4.69, 9.17) is 4.74 Å². The number of benzene rings is 1. The highest BCUT2D eigenvalue weighted by molar-refractivity contribution is 9.15. The van der Waals surface area contributed by atoms with E-state index in [1.807, 2.05) is 6.92 Å². The summed E-state index contributed by atoms with van der Waals surface area (Å²) in [7, 11) is 0. The van der Waals surface area contributed by atoms with Crippen LogP contribution < -0.4 is 0 Å². The number of halogens is 5. The van der Waals surface area contributed by atoms with Crippen LogP contribution in [0.4, 0.5) is 0 Å². The molecule has 0 amide bonds. The van der Waals surface area contributed by atoms with Gasteiger partial charge in [-0.2, -0.15) is 0 Å². The Hall–Kier alpha value is 1.58. The second kappa shape index (κ2) is 7.89. The Kier molecular flexibility index (Phi) is 8.67. The maximum absolute atomic E-state index is 5.41. The van der Waals surface area contributed by atoms with Crippen LogP contribution in [0.15, 0.2) is 22.4 Å². The Labute approximate surface area is 138 Å². The lowest BCUT2D eigenvalue weighted by molar-refractivity contribution is 0.133. The van der Waals surface area contributed by atoms with Crippen LogP contribution in [0.5, 0.6) is 0 Å². The molecule has 1 aromatic carbocycles. The first-order valence-corrected chi connectivity index (χ1v) is 8.05. The number of hydrogen-bond acceptors (Lipinski definition) is 1. The van der Waals surface area contributed by atoms with E-state index in [0.29, 0.717) is 13.2 Å². The minimum absolute atomic E-state index is 0. The molecule has 92 valence electrons. The normalized spacial score (nSPS) is 10.1. The highest BCUT2D eigenvalue weighted by atomic mass is 79.9. The predicted molar refractivity (Wildman–Crippen MR) is 87.0 cm³/mol. The molecule has 0 heterocycles. The first-order chi connectivity index (χ1) is 7.00. The summed E-state index contributed by atoms with van der Waals surface area (Å²) in [5.41, 5.74) is 1.08. The van der Waals surface area contributed by atoms with Gasteiger partial charge >= 0.3 is 0 Å². The number of hydrogen-bond donors (Lipinski definition) is 0. The molecule has 0 aliphatic carbocycles. The van der Waals surface area contributed by atoms with Gasteiger partial charge in [-0.15, -0.1) is 0 Å². The van der Waals surface area contributed by atoms with E-state index >= 15 is 0 Å². The summed E-state index contributed by atoms with van der Waals surface area (Å²) in [5, 5.41) is 0. The smallest absolute Gasteiger partial charge is 0.0739 e. The predicted octanol–water partition coefficient (Wildman–Crippen LogP) is 6.67. The fourth-order valence-corrected chi connectivity index (χ4v) is 4.34. The van der Waals surface area contributed by atoms with Gasteiger partial charge in [0.25, 0.3) is 0 Å². The molecule has 0 fully saturated rings. The monoisotopic (exact) mass is 542 g/mol. The first-order valence-electron chi connectivity index (χ1n) is 4.08. The molecule has 6 heteroatoms. The third-order valence-electron chi connectivity index (χ3n) is 1.75. The van der Waals surface area contributed by atoms with Gasteiger partial charge in [-0.1, -0.05) is 7.43 Å². The second-order valence-corrected chi connectivity index (χ2v) is 6.65. The van der Waals surface area contributed by atoms with Gasteiger partial charge in [0.1, 0.15) is 0 Å². The second-order valence-electron chi connectivity index (χ2n) is 2.69. The van der Waals surface area contributed by atoms with Gasteiger partial charge in [-0.25, -0.2) is 0 Å². The number of ether oxygens (including phenoxy) is 1. The van der Waals surface area contributed by atoms with Crippen molar-refractivity contribution in [2.24, 2.45) is 0 Å². The molecule has 0 saturated carbocycles. The van der Waals surface area contributed by atoms with E-state index in [2.05, 4.69) is 79.6 Å². The lowest BCUT2D eigenvalue weighted by Gasteiger charge is -2.13. The van der Waals surface area contributed by atoms with Crippen LogP contribution in [-0.2, 0) is 11.3 Å². The molecule has 0 bridgehead atoms. The van der Waals surface area contributed by atoms with Crippen molar-refractivity contribution in [3.8, 4) is 0 Å². The quantitative estimate of drug-likeness (QED) is 0.304. The SMILES string of the molecule is C.CCOCc1c(Br)c(Br)c(Br)c(Br)c1Br. The summed E-state index contributed by atoms with van der Waals surface area (Å²) >= 11 is 17.6. The first kappa shape index (κ1) is 17.6. The summed E-state index contributed by atoms with van der Waals surface area (Å²) in [6.07, 6.45) is 0. The minimum Gasteiger partial charge on any atom is -0.377 e. The van der Waals surface area contributed by atoms with Gasteiger partial charge in [0.05, 0.1) is 6.61 Å². The van der Waals surface area contributed by atoms with Gasteiger partial charge in [-0.05, 0) is 86.6 Å². The fourth-order valence-electron chi connectivity index (χ4n) is 0.981. The van der Waals surface area contributed by atoms with Crippen molar-refractivity contribution in [2.75, 3.05) is 6.61 Å². The summed E-state index contributed by atoms with van der Waals surface area (Å²) < 4.78 is 10.3. The molecule has 0 radical (unpaired) electrons. The molecular formula is C10H11Br5O. The average Bonchev–Trinajstić information content (AvgIpc) is 2.24. The Morgan fingerprint density at radius 3 is 1.56 bits per heavy atom. The summed E-state index contributed by atoms with van der Waals surface area (Å²) in [4.78, 5) is 0. The van der Waals surface area contributed by atoms with Crippen LogP contribution in [-0.4, -0.2) is 6.61 Å². The van der Waals surface area contributed by atoms with Crippen LogP contribution in [0.3, 0.4) is 0 Å². The van der Waals surface area contributed by atoms with E-state index < -0.39 is 0 Å². The number of rotatable bonds is 3. The zero-order valence-corrected chi connectivity index (χ0v) is 15.6. The average molecular weight is 547 g/mol. The Morgan fingerprint density at radius 1 is 0.812 bits per heavy atom. The molecule has 0 aliphatic rings. The standard InChI is InChI=1S/C9H7Br5O.CH4/c1-2-15-3-4-5(10)7(12)9(14)8(13)6(4)11;/h2-3H2,1H3;1H4. The Morgan fingerprint density at radius 2 is 1.19 bits per heavy atom. The molecule has 1 nitrogen and oxygen atoms in total.